The highest BCUT2D eigenvalue weighted by atomic mass is 19.1. The zero-order chi connectivity index (χ0) is 21.6. The first-order valence-electron chi connectivity index (χ1n) is 10.1. The van der Waals surface area contributed by atoms with E-state index in [1.54, 1.807) is 47.4 Å². The molecule has 1 N–H and O–H groups in total. The van der Waals surface area contributed by atoms with Crippen LogP contribution in [0.1, 0.15) is 19.3 Å². The first-order valence-corrected chi connectivity index (χ1v) is 10.1. The SMILES string of the molecule is O=C(Nc1ccc(Oc2ccccc2F)cc1)C1CCCCN1C(=O)Cn1cncn1. The van der Waals surface area contributed by atoms with E-state index >= 15 is 0 Å². The Morgan fingerprint density at radius 1 is 1.13 bits per heavy atom. The molecule has 0 radical (unpaired) electrons. The summed E-state index contributed by atoms with van der Waals surface area (Å²) in [5.41, 5.74) is 0.570. The van der Waals surface area contributed by atoms with Gasteiger partial charge in [0.2, 0.25) is 11.8 Å². The lowest BCUT2D eigenvalue weighted by Crippen LogP contribution is -2.51. The largest absolute Gasteiger partial charge is 0.454 e. The highest BCUT2D eigenvalue weighted by Gasteiger charge is 2.32. The van der Waals surface area contributed by atoms with Crippen molar-refractivity contribution >= 4 is 17.5 Å². The molecule has 1 unspecified atom stereocenters. The van der Waals surface area contributed by atoms with Gasteiger partial charge in [-0.25, -0.2) is 14.1 Å². The van der Waals surface area contributed by atoms with Crippen molar-refractivity contribution in [2.45, 2.75) is 31.8 Å². The summed E-state index contributed by atoms with van der Waals surface area (Å²) in [6.07, 6.45) is 5.17. The van der Waals surface area contributed by atoms with Crippen LogP contribution in [0.5, 0.6) is 11.5 Å². The van der Waals surface area contributed by atoms with Gasteiger partial charge in [0, 0.05) is 12.2 Å². The maximum Gasteiger partial charge on any atom is 0.247 e. The number of halogens is 1. The second-order valence-electron chi connectivity index (χ2n) is 7.24. The second-order valence-corrected chi connectivity index (χ2v) is 7.24. The van der Waals surface area contributed by atoms with Gasteiger partial charge in [-0.15, -0.1) is 0 Å². The van der Waals surface area contributed by atoms with Crippen LogP contribution in [0.4, 0.5) is 10.1 Å². The van der Waals surface area contributed by atoms with E-state index in [-0.39, 0.29) is 24.1 Å². The van der Waals surface area contributed by atoms with Gasteiger partial charge in [0.1, 0.15) is 31.0 Å². The maximum atomic E-state index is 13.7. The number of carbonyl (C=O) groups is 2. The summed E-state index contributed by atoms with van der Waals surface area (Å²) in [6.45, 7) is 0.576. The van der Waals surface area contributed by atoms with Gasteiger partial charge in [0.25, 0.3) is 0 Å². The predicted molar refractivity (Wildman–Crippen MR) is 111 cm³/mol. The number of nitrogens with zero attached hydrogens (tertiary/aromatic N) is 4. The van der Waals surface area contributed by atoms with Crippen molar-refractivity contribution in [3.63, 3.8) is 0 Å². The topological polar surface area (TPSA) is 89.4 Å². The summed E-state index contributed by atoms with van der Waals surface area (Å²) in [7, 11) is 0. The minimum atomic E-state index is -0.542. The number of ether oxygens (including phenoxy) is 1. The Kier molecular flexibility index (Phi) is 6.21. The molecule has 2 aromatic carbocycles. The maximum absolute atomic E-state index is 13.7. The number of piperidine rings is 1. The van der Waals surface area contributed by atoms with E-state index in [0.29, 0.717) is 24.4 Å². The van der Waals surface area contributed by atoms with Crippen LogP contribution in [0.15, 0.2) is 61.2 Å². The number of benzene rings is 2. The van der Waals surface area contributed by atoms with Gasteiger partial charge >= 0.3 is 0 Å². The molecular weight excluding hydrogens is 401 g/mol. The number of anilines is 1. The van der Waals surface area contributed by atoms with Crippen molar-refractivity contribution in [1.82, 2.24) is 19.7 Å². The van der Waals surface area contributed by atoms with Crippen LogP contribution in [-0.4, -0.2) is 44.1 Å². The normalized spacial score (nSPS) is 16.0. The molecule has 4 rings (SSSR count). The van der Waals surface area contributed by atoms with Crippen LogP contribution in [-0.2, 0) is 16.1 Å². The van der Waals surface area contributed by atoms with Gasteiger partial charge in [-0.1, -0.05) is 12.1 Å². The predicted octanol–water partition coefficient (Wildman–Crippen LogP) is 3.23. The summed E-state index contributed by atoms with van der Waals surface area (Å²) < 4.78 is 20.7. The lowest BCUT2D eigenvalue weighted by atomic mass is 10.0. The molecule has 31 heavy (non-hydrogen) atoms. The van der Waals surface area contributed by atoms with Gasteiger partial charge in [0.05, 0.1) is 0 Å². The minimum absolute atomic E-state index is 0.0475. The first-order chi connectivity index (χ1) is 15.1. The molecule has 1 aliphatic rings. The van der Waals surface area contributed by atoms with Gasteiger partial charge in [-0.2, -0.15) is 5.10 Å². The lowest BCUT2D eigenvalue weighted by molar-refractivity contribution is -0.141. The average Bonchev–Trinajstić information content (AvgIpc) is 3.29. The van der Waals surface area contributed by atoms with Crippen LogP contribution in [0.25, 0.3) is 0 Å². The van der Waals surface area contributed by atoms with Crippen molar-refractivity contribution in [2.75, 3.05) is 11.9 Å². The van der Waals surface area contributed by atoms with E-state index in [1.807, 2.05) is 0 Å². The van der Waals surface area contributed by atoms with Crippen LogP contribution in [0.3, 0.4) is 0 Å². The quantitative estimate of drug-likeness (QED) is 0.658. The minimum Gasteiger partial charge on any atom is -0.454 e. The van der Waals surface area contributed by atoms with Crippen LogP contribution >= 0.6 is 0 Å². The number of nitrogens with one attached hydrogen (secondary N) is 1. The monoisotopic (exact) mass is 423 g/mol. The highest BCUT2D eigenvalue weighted by Crippen LogP contribution is 2.26. The molecule has 160 valence electrons. The number of hydrogen-bond acceptors (Lipinski definition) is 5. The number of aromatic nitrogens is 3. The molecule has 0 spiro atoms. The van der Waals surface area contributed by atoms with Crippen molar-refractivity contribution < 1.29 is 18.7 Å². The Bertz CT molecular complexity index is 1040. The van der Waals surface area contributed by atoms with Gasteiger partial charge in [0.15, 0.2) is 11.6 Å². The average molecular weight is 423 g/mol. The Balaban J connectivity index is 1.39. The third-order valence-corrected chi connectivity index (χ3v) is 5.08. The molecule has 1 aliphatic heterocycles. The fourth-order valence-corrected chi connectivity index (χ4v) is 3.53. The van der Waals surface area contributed by atoms with E-state index in [2.05, 4.69) is 15.4 Å². The Morgan fingerprint density at radius 2 is 1.94 bits per heavy atom. The fraction of sp³-hybridized carbons (Fsp3) is 0.273. The molecule has 1 aromatic heterocycles. The highest BCUT2D eigenvalue weighted by molar-refractivity contribution is 5.97. The zero-order valence-corrected chi connectivity index (χ0v) is 16.8. The van der Waals surface area contributed by atoms with E-state index in [1.165, 1.54) is 23.4 Å². The molecule has 1 atom stereocenters. The molecule has 3 aromatic rings. The van der Waals surface area contributed by atoms with Crippen molar-refractivity contribution in [3.05, 3.63) is 67.0 Å². The number of likely N-dealkylation sites (tertiary alicyclic amines) is 1. The van der Waals surface area contributed by atoms with Crippen LogP contribution in [0.2, 0.25) is 0 Å². The number of rotatable bonds is 6. The Labute approximate surface area is 178 Å². The van der Waals surface area contributed by atoms with Crippen molar-refractivity contribution in [2.24, 2.45) is 0 Å². The molecule has 2 heterocycles. The Hall–Kier alpha value is -3.75. The van der Waals surface area contributed by atoms with Gasteiger partial charge < -0.3 is 15.0 Å². The van der Waals surface area contributed by atoms with Crippen LogP contribution in [0, 0.1) is 5.82 Å². The van der Waals surface area contributed by atoms with Gasteiger partial charge in [-0.3, -0.25) is 9.59 Å². The molecule has 0 bridgehead atoms. The van der Waals surface area contributed by atoms with E-state index < -0.39 is 11.9 Å². The zero-order valence-electron chi connectivity index (χ0n) is 16.8. The van der Waals surface area contributed by atoms with E-state index in [0.717, 1.165) is 12.8 Å². The number of para-hydroxylation sites is 1. The Morgan fingerprint density at radius 3 is 2.68 bits per heavy atom. The van der Waals surface area contributed by atoms with E-state index in [9.17, 15) is 14.0 Å². The summed E-state index contributed by atoms with van der Waals surface area (Å²) in [5.74, 6) is -0.283. The lowest BCUT2D eigenvalue weighted by Gasteiger charge is -2.34. The van der Waals surface area contributed by atoms with Crippen LogP contribution < -0.4 is 10.1 Å². The third-order valence-electron chi connectivity index (χ3n) is 5.08. The summed E-state index contributed by atoms with van der Waals surface area (Å²) in [5, 5.41) is 6.82. The molecule has 1 saturated heterocycles. The standard InChI is InChI=1S/C22H22FN5O3/c23-18-5-1-2-7-20(18)31-17-10-8-16(9-11-17)26-22(30)19-6-3-4-12-28(19)21(29)13-27-15-24-14-25-27/h1-2,5,7-11,14-15,19H,3-4,6,12-13H2,(H,26,30). The number of amides is 2. The fourth-order valence-electron chi connectivity index (χ4n) is 3.53. The molecular formula is C22H22FN5O3. The molecule has 0 saturated carbocycles. The molecule has 0 aliphatic carbocycles. The van der Waals surface area contributed by atoms with E-state index in [4.69, 9.17) is 4.74 Å². The molecule has 1 fully saturated rings. The second kappa shape index (κ2) is 9.38. The van der Waals surface area contributed by atoms with Crippen molar-refractivity contribution in [3.8, 4) is 11.5 Å². The molecule has 8 nitrogen and oxygen atoms in total. The molecule has 9 heteroatoms. The number of carbonyl (C=O) groups excluding carboxylic acids is 2. The third kappa shape index (κ3) is 5.06. The van der Waals surface area contributed by atoms with Gasteiger partial charge in [-0.05, 0) is 55.7 Å². The van der Waals surface area contributed by atoms with Crippen molar-refractivity contribution in [1.29, 1.82) is 0 Å². The first kappa shape index (κ1) is 20.5. The summed E-state index contributed by atoms with van der Waals surface area (Å²) in [6, 6.07) is 12.3. The summed E-state index contributed by atoms with van der Waals surface area (Å²) in [4.78, 5) is 31.0. The summed E-state index contributed by atoms with van der Waals surface area (Å²) >= 11 is 0. The number of hydrogen-bond donors (Lipinski definition) is 1. The molecule has 2 amide bonds. The smallest absolute Gasteiger partial charge is 0.247 e.